The highest BCUT2D eigenvalue weighted by atomic mass is 32.2. The molecule has 0 radical (unpaired) electrons. The van der Waals surface area contributed by atoms with Gasteiger partial charge in [-0.05, 0) is 50.1 Å². The van der Waals surface area contributed by atoms with Crippen LogP contribution in [0, 0.1) is 17.2 Å². The lowest BCUT2D eigenvalue weighted by Gasteiger charge is -2.36. The molecule has 1 saturated heterocycles. The minimum absolute atomic E-state index is 0.0859. The van der Waals surface area contributed by atoms with Crippen LogP contribution in [0.15, 0.2) is 53.6 Å². The molecule has 1 aromatic carbocycles. The Balaban J connectivity index is 1.49. The van der Waals surface area contributed by atoms with Crippen LogP contribution in [0.5, 0.6) is 0 Å². The van der Waals surface area contributed by atoms with Crippen LogP contribution >= 0.6 is 0 Å². The van der Waals surface area contributed by atoms with Crippen molar-refractivity contribution < 1.29 is 17.9 Å². The van der Waals surface area contributed by atoms with Gasteiger partial charge in [0, 0.05) is 44.4 Å². The molecule has 0 amide bonds. The van der Waals surface area contributed by atoms with Crippen molar-refractivity contribution >= 4 is 21.8 Å². The number of ether oxygens (including phenoxy) is 1. The maximum atomic E-state index is 13.5. The van der Waals surface area contributed by atoms with E-state index in [0.29, 0.717) is 56.3 Å². The number of pyridine rings is 1. The molecule has 3 aromatic rings. The van der Waals surface area contributed by atoms with Gasteiger partial charge < -0.3 is 9.64 Å². The molecule has 5 rings (SSSR count). The molecule has 0 N–H and O–H groups in total. The fraction of sp³-hybridized carbons (Fsp3) is 0.370. The highest BCUT2D eigenvalue weighted by molar-refractivity contribution is 7.89. The predicted octanol–water partition coefficient (Wildman–Crippen LogP) is 2.94. The van der Waals surface area contributed by atoms with Gasteiger partial charge in [0.15, 0.2) is 5.82 Å². The number of benzene rings is 1. The zero-order valence-corrected chi connectivity index (χ0v) is 21.9. The number of hydrogen-bond acceptors (Lipinski definition) is 9. The predicted molar refractivity (Wildman–Crippen MR) is 139 cm³/mol. The maximum Gasteiger partial charge on any atom is 0.309 e. The smallest absolute Gasteiger partial charge is 0.309 e. The third kappa shape index (κ3) is 5.10. The molecular formula is C27H28N6O4S. The van der Waals surface area contributed by atoms with Crippen molar-refractivity contribution in [3.63, 3.8) is 0 Å². The van der Waals surface area contributed by atoms with Crippen LogP contribution < -0.4 is 4.90 Å². The summed E-state index contributed by atoms with van der Waals surface area (Å²) in [6.07, 6.45) is 3.35. The van der Waals surface area contributed by atoms with Gasteiger partial charge in [-0.2, -0.15) is 9.57 Å². The van der Waals surface area contributed by atoms with E-state index >= 15 is 0 Å². The monoisotopic (exact) mass is 532 g/mol. The van der Waals surface area contributed by atoms with Crippen LogP contribution in [0.25, 0.3) is 11.5 Å². The van der Waals surface area contributed by atoms with E-state index in [1.807, 2.05) is 24.3 Å². The first-order valence-corrected chi connectivity index (χ1v) is 14.1. The second-order valence-corrected chi connectivity index (χ2v) is 11.2. The van der Waals surface area contributed by atoms with Gasteiger partial charge >= 0.3 is 5.97 Å². The quantitative estimate of drug-likeness (QED) is 0.440. The number of sulfonamides is 1. The summed E-state index contributed by atoms with van der Waals surface area (Å²) in [4.78, 5) is 28.5. The average molecular weight is 533 g/mol. The fourth-order valence-electron chi connectivity index (χ4n) is 4.91. The number of piperidine rings is 1. The summed E-state index contributed by atoms with van der Waals surface area (Å²) in [6.45, 7) is 3.71. The van der Waals surface area contributed by atoms with Crippen molar-refractivity contribution in [3.8, 4) is 17.6 Å². The Kier molecular flexibility index (Phi) is 7.35. The number of nitriles is 1. The van der Waals surface area contributed by atoms with Crippen LogP contribution in [-0.2, 0) is 32.5 Å². The Hall–Kier alpha value is -3.88. The van der Waals surface area contributed by atoms with Crippen LogP contribution in [0.3, 0.4) is 0 Å². The number of anilines is 1. The van der Waals surface area contributed by atoms with Gasteiger partial charge in [0.05, 0.1) is 34.7 Å². The van der Waals surface area contributed by atoms with Crippen molar-refractivity contribution in [3.05, 3.63) is 65.5 Å². The highest BCUT2D eigenvalue weighted by Gasteiger charge is 2.34. The van der Waals surface area contributed by atoms with Crippen LogP contribution in [-0.4, -0.2) is 59.9 Å². The number of fused-ring (bicyclic) bond motifs is 1. The Morgan fingerprint density at radius 2 is 1.95 bits per heavy atom. The van der Waals surface area contributed by atoms with E-state index in [1.54, 1.807) is 25.3 Å². The summed E-state index contributed by atoms with van der Waals surface area (Å²) in [5.41, 5.74) is 2.48. The van der Waals surface area contributed by atoms with Crippen molar-refractivity contribution in [2.24, 2.45) is 5.92 Å². The largest absolute Gasteiger partial charge is 0.466 e. The zero-order chi connectivity index (χ0) is 26.7. The van der Waals surface area contributed by atoms with E-state index in [2.05, 4.69) is 9.88 Å². The lowest BCUT2D eigenvalue weighted by Crippen LogP contribution is -2.41. The first-order valence-electron chi connectivity index (χ1n) is 12.6. The van der Waals surface area contributed by atoms with Crippen molar-refractivity contribution in [2.75, 3.05) is 31.1 Å². The molecule has 196 valence electrons. The molecule has 0 atom stereocenters. The Labute approximate surface area is 222 Å². The molecule has 0 unspecified atom stereocenters. The van der Waals surface area contributed by atoms with Gasteiger partial charge in [-0.15, -0.1) is 0 Å². The number of esters is 1. The molecule has 2 aromatic heterocycles. The topological polar surface area (TPSA) is 129 Å². The minimum Gasteiger partial charge on any atom is -0.466 e. The standard InChI is InChI=1S/C27H28N6O4S/c1-2-37-27(34)20-9-13-32(14-10-20)26-22-18-33(38(35,36)21-7-5-6-19(16-21)17-28)15-11-23(22)30-25(31-26)24-8-3-4-12-29-24/h3-8,12,16,20H,2,9-11,13-15,18H2,1H3. The van der Waals surface area contributed by atoms with Gasteiger partial charge in [0.1, 0.15) is 11.5 Å². The second kappa shape index (κ2) is 10.8. The summed E-state index contributed by atoms with van der Waals surface area (Å²) >= 11 is 0. The Morgan fingerprint density at radius 1 is 1.13 bits per heavy atom. The maximum absolute atomic E-state index is 13.5. The zero-order valence-electron chi connectivity index (χ0n) is 21.1. The normalized spacial score (nSPS) is 16.5. The van der Waals surface area contributed by atoms with E-state index < -0.39 is 10.0 Å². The van der Waals surface area contributed by atoms with Gasteiger partial charge in [-0.25, -0.2) is 18.4 Å². The first kappa shape index (κ1) is 25.8. The van der Waals surface area contributed by atoms with Crippen LogP contribution in [0.4, 0.5) is 5.82 Å². The molecule has 4 heterocycles. The summed E-state index contributed by atoms with van der Waals surface area (Å²) in [5, 5.41) is 9.24. The number of aromatic nitrogens is 3. The van der Waals surface area contributed by atoms with Gasteiger partial charge in [0.2, 0.25) is 10.0 Å². The van der Waals surface area contributed by atoms with Gasteiger partial charge in [-0.3, -0.25) is 9.78 Å². The van der Waals surface area contributed by atoms with Crippen LogP contribution in [0.1, 0.15) is 36.6 Å². The molecule has 2 aliphatic heterocycles. The van der Waals surface area contributed by atoms with Crippen LogP contribution in [0.2, 0.25) is 0 Å². The second-order valence-electron chi connectivity index (χ2n) is 9.25. The van der Waals surface area contributed by atoms with E-state index in [4.69, 9.17) is 14.7 Å². The van der Waals surface area contributed by atoms with E-state index in [-0.39, 0.29) is 35.4 Å². The molecule has 38 heavy (non-hydrogen) atoms. The van der Waals surface area contributed by atoms with Gasteiger partial charge in [0.25, 0.3) is 0 Å². The molecule has 1 fully saturated rings. The lowest BCUT2D eigenvalue weighted by molar-refractivity contribution is -0.148. The summed E-state index contributed by atoms with van der Waals surface area (Å²) in [5.74, 6) is 0.819. The van der Waals surface area contributed by atoms with Crippen molar-refractivity contribution in [2.45, 2.75) is 37.6 Å². The summed E-state index contributed by atoms with van der Waals surface area (Å²) < 4.78 is 33.7. The molecular weight excluding hydrogens is 504 g/mol. The van der Waals surface area contributed by atoms with E-state index in [9.17, 15) is 18.5 Å². The molecule has 2 aliphatic rings. The van der Waals surface area contributed by atoms with Gasteiger partial charge in [-0.1, -0.05) is 12.1 Å². The third-order valence-electron chi connectivity index (χ3n) is 6.91. The SMILES string of the molecule is CCOC(=O)C1CCN(c2nc(-c3ccccn3)nc3c2CN(S(=O)(=O)c2cccc(C#N)c2)CC3)CC1. The number of carbonyl (C=O) groups excluding carboxylic acids is 1. The summed E-state index contributed by atoms with van der Waals surface area (Å²) in [7, 11) is -3.84. The third-order valence-corrected chi connectivity index (χ3v) is 8.75. The number of rotatable bonds is 6. The minimum atomic E-state index is -3.84. The lowest BCUT2D eigenvalue weighted by atomic mass is 9.96. The molecule has 11 heteroatoms. The number of nitrogens with zero attached hydrogens (tertiary/aromatic N) is 6. The molecule has 0 saturated carbocycles. The van der Waals surface area contributed by atoms with E-state index in [1.165, 1.54) is 16.4 Å². The number of carbonyl (C=O) groups is 1. The fourth-order valence-corrected chi connectivity index (χ4v) is 6.37. The first-order chi connectivity index (χ1) is 18.4. The molecule has 0 bridgehead atoms. The van der Waals surface area contributed by atoms with E-state index in [0.717, 1.165) is 11.3 Å². The molecule has 0 spiro atoms. The average Bonchev–Trinajstić information content (AvgIpc) is 2.97. The number of hydrogen-bond donors (Lipinski definition) is 0. The Bertz CT molecular complexity index is 1480. The van der Waals surface area contributed by atoms with Crippen molar-refractivity contribution in [1.29, 1.82) is 5.26 Å². The molecule has 10 nitrogen and oxygen atoms in total. The molecule has 0 aliphatic carbocycles. The summed E-state index contributed by atoms with van der Waals surface area (Å²) in [6, 6.07) is 13.6. The van der Waals surface area contributed by atoms with Crippen molar-refractivity contribution in [1.82, 2.24) is 19.3 Å². The Morgan fingerprint density at radius 3 is 2.66 bits per heavy atom. The highest BCUT2D eigenvalue weighted by Crippen LogP contribution is 2.34.